The van der Waals surface area contributed by atoms with Crippen LogP contribution in [0.2, 0.25) is 0 Å². The topological polar surface area (TPSA) is 62.3 Å². The predicted molar refractivity (Wildman–Crippen MR) is 78.2 cm³/mol. The number of hydrogen-bond donors (Lipinski definition) is 1. The molecule has 1 N–H and O–H groups in total. The smallest absolute Gasteiger partial charge is 0.246 e. The van der Waals surface area contributed by atoms with Crippen LogP contribution in [-0.4, -0.2) is 34.3 Å². The Balaban J connectivity index is 2.31. The summed E-state index contributed by atoms with van der Waals surface area (Å²) in [7, 11) is 0. The number of piperazine rings is 1. The molecule has 1 aromatic heterocycles. The largest absolute Gasteiger partial charge is 0.342 e. The van der Waals surface area contributed by atoms with Gasteiger partial charge >= 0.3 is 0 Å². The molecule has 20 heavy (non-hydrogen) atoms. The molecule has 2 unspecified atom stereocenters. The Morgan fingerprint density at radius 1 is 1.55 bits per heavy atom. The van der Waals surface area contributed by atoms with E-state index in [1.165, 1.54) is 11.3 Å². The summed E-state index contributed by atoms with van der Waals surface area (Å²) >= 11 is 1.51. The van der Waals surface area contributed by atoms with Gasteiger partial charge in [0, 0.05) is 11.6 Å². The Hall–Kier alpha value is -1.43. The van der Waals surface area contributed by atoms with Crippen LogP contribution < -0.4 is 5.32 Å². The fraction of sp³-hybridized carbons (Fsp3) is 0.643. The van der Waals surface area contributed by atoms with Gasteiger partial charge in [-0.1, -0.05) is 20.3 Å². The Labute approximate surface area is 123 Å². The minimum atomic E-state index is -0.561. The molecule has 1 aromatic rings. The molecule has 0 bridgehead atoms. The molecule has 0 spiro atoms. The summed E-state index contributed by atoms with van der Waals surface area (Å²) in [5.74, 6) is 0.0139. The summed E-state index contributed by atoms with van der Waals surface area (Å²) in [6.07, 6.45) is 2.57. The first-order valence-corrected chi connectivity index (χ1v) is 7.76. The minimum absolute atomic E-state index is 0.0147. The first-order valence-electron chi connectivity index (χ1n) is 6.88. The zero-order valence-corrected chi connectivity index (χ0v) is 13.2. The SMILES string of the molecule is CCC(C)C1NC(=O)CN(C(C)(C)c2nccs2)C1=O. The predicted octanol–water partition coefficient (Wildman–Crippen LogP) is 1.75. The van der Waals surface area contributed by atoms with Gasteiger partial charge in [-0.15, -0.1) is 11.3 Å². The number of nitrogens with zero attached hydrogens (tertiary/aromatic N) is 2. The van der Waals surface area contributed by atoms with Crippen molar-refractivity contribution in [2.45, 2.75) is 45.7 Å². The molecule has 1 fully saturated rings. The minimum Gasteiger partial charge on any atom is -0.342 e. The van der Waals surface area contributed by atoms with E-state index in [4.69, 9.17) is 0 Å². The number of thiazole rings is 1. The van der Waals surface area contributed by atoms with Crippen molar-refractivity contribution < 1.29 is 9.59 Å². The van der Waals surface area contributed by atoms with Crippen LogP contribution >= 0.6 is 11.3 Å². The molecule has 0 aliphatic carbocycles. The van der Waals surface area contributed by atoms with E-state index in [9.17, 15) is 9.59 Å². The van der Waals surface area contributed by atoms with Crippen molar-refractivity contribution >= 4 is 23.2 Å². The van der Waals surface area contributed by atoms with Gasteiger partial charge in [0.2, 0.25) is 11.8 Å². The van der Waals surface area contributed by atoms with Crippen molar-refractivity contribution in [2.75, 3.05) is 6.54 Å². The number of hydrogen-bond acceptors (Lipinski definition) is 4. The molecular weight excluding hydrogens is 274 g/mol. The lowest BCUT2D eigenvalue weighted by molar-refractivity contribution is -0.151. The molecule has 6 heteroatoms. The number of amides is 2. The third-order valence-electron chi connectivity index (χ3n) is 3.99. The Morgan fingerprint density at radius 3 is 2.80 bits per heavy atom. The molecule has 2 atom stereocenters. The molecule has 1 aliphatic heterocycles. The molecule has 0 radical (unpaired) electrons. The van der Waals surface area contributed by atoms with Crippen LogP contribution in [0.4, 0.5) is 0 Å². The van der Waals surface area contributed by atoms with Gasteiger partial charge in [0.15, 0.2) is 0 Å². The molecule has 2 amide bonds. The summed E-state index contributed by atoms with van der Waals surface area (Å²) in [5.41, 5.74) is -0.561. The van der Waals surface area contributed by atoms with Gasteiger partial charge in [0.05, 0.1) is 5.54 Å². The lowest BCUT2D eigenvalue weighted by Crippen LogP contribution is -2.64. The first-order chi connectivity index (χ1) is 9.37. The van der Waals surface area contributed by atoms with E-state index >= 15 is 0 Å². The number of carbonyl (C=O) groups is 2. The number of carbonyl (C=O) groups excluding carboxylic acids is 2. The average Bonchev–Trinajstić information content (AvgIpc) is 2.94. The lowest BCUT2D eigenvalue weighted by atomic mass is 9.93. The maximum atomic E-state index is 12.7. The van der Waals surface area contributed by atoms with Crippen LogP contribution in [-0.2, 0) is 15.1 Å². The second kappa shape index (κ2) is 5.52. The van der Waals surface area contributed by atoms with E-state index in [1.807, 2.05) is 33.1 Å². The summed E-state index contributed by atoms with van der Waals surface area (Å²) in [4.78, 5) is 30.6. The lowest BCUT2D eigenvalue weighted by Gasteiger charge is -2.43. The van der Waals surface area contributed by atoms with E-state index in [0.717, 1.165) is 11.4 Å². The van der Waals surface area contributed by atoms with E-state index in [-0.39, 0.29) is 24.3 Å². The van der Waals surface area contributed by atoms with Crippen LogP contribution in [0.3, 0.4) is 0 Å². The van der Waals surface area contributed by atoms with Gasteiger partial charge in [-0.2, -0.15) is 0 Å². The number of rotatable bonds is 4. The Kier molecular flexibility index (Phi) is 4.13. The van der Waals surface area contributed by atoms with Crippen LogP contribution in [0.5, 0.6) is 0 Å². The van der Waals surface area contributed by atoms with Gasteiger partial charge in [-0.3, -0.25) is 9.59 Å². The second-order valence-corrected chi connectivity index (χ2v) is 6.65. The average molecular weight is 295 g/mol. The molecular formula is C14H21N3O2S. The van der Waals surface area contributed by atoms with E-state index in [1.54, 1.807) is 11.1 Å². The first kappa shape index (κ1) is 15.0. The van der Waals surface area contributed by atoms with Gasteiger partial charge in [0.25, 0.3) is 0 Å². The zero-order valence-electron chi connectivity index (χ0n) is 12.3. The fourth-order valence-electron chi connectivity index (χ4n) is 2.41. The maximum absolute atomic E-state index is 12.7. The molecule has 0 saturated carbocycles. The second-order valence-electron chi connectivity index (χ2n) is 5.75. The summed E-state index contributed by atoms with van der Waals surface area (Å²) in [5, 5.41) is 5.55. The van der Waals surface area contributed by atoms with E-state index in [0.29, 0.717) is 0 Å². The normalized spacial score (nSPS) is 21.8. The van der Waals surface area contributed by atoms with Crippen LogP contribution in [0, 0.1) is 5.92 Å². The fourth-order valence-corrected chi connectivity index (χ4v) is 3.18. The van der Waals surface area contributed by atoms with Crippen molar-refractivity contribution in [3.05, 3.63) is 16.6 Å². The van der Waals surface area contributed by atoms with Gasteiger partial charge in [-0.25, -0.2) is 4.98 Å². The molecule has 2 rings (SSSR count). The van der Waals surface area contributed by atoms with Crippen molar-refractivity contribution in [2.24, 2.45) is 5.92 Å². The third kappa shape index (κ3) is 2.57. The van der Waals surface area contributed by atoms with Crippen LogP contribution in [0.25, 0.3) is 0 Å². The Morgan fingerprint density at radius 2 is 2.25 bits per heavy atom. The molecule has 2 heterocycles. The molecule has 110 valence electrons. The van der Waals surface area contributed by atoms with Crippen molar-refractivity contribution in [1.29, 1.82) is 0 Å². The molecule has 0 aromatic carbocycles. The monoisotopic (exact) mass is 295 g/mol. The quantitative estimate of drug-likeness (QED) is 0.920. The molecule has 1 aliphatic rings. The zero-order chi connectivity index (χ0) is 14.9. The van der Waals surface area contributed by atoms with E-state index in [2.05, 4.69) is 10.3 Å². The van der Waals surface area contributed by atoms with Crippen molar-refractivity contribution in [3.63, 3.8) is 0 Å². The van der Waals surface area contributed by atoms with Crippen molar-refractivity contribution in [1.82, 2.24) is 15.2 Å². The highest BCUT2D eigenvalue weighted by atomic mass is 32.1. The van der Waals surface area contributed by atoms with Gasteiger partial charge in [-0.05, 0) is 19.8 Å². The van der Waals surface area contributed by atoms with Crippen LogP contribution in [0.1, 0.15) is 39.1 Å². The standard InChI is InChI=1S/C14H21N3O2S/c1-5-9(2)11-12(19)17(8-10(18)16-11)14(3,4)13-15-6-7-20-13/h6-7,9,11H,5,8H2,1-4H3,(H,16,18). The van der Waals surface area contributed by atoms with Gasteiger partial charge in [0.1, 0.15) is 17.6 Å². The Bertz CT molecular complexity index is 499. The maximum Gasteiger partial charge on any atom is 0.246 e. The number of aromatic nitrogens is 1. The summed E-state index contributed by atoms with van der Waals surface area (Å²) in [6.45, 7) is 7.99. The summed E-state index contributed by atoms with van der Waals surface area (Å²) in [6, 6.07) is -0.430. The highest BCUT2D eigenvalue weighted by Gasteiger charge is 2.43. The third-order valence-corrected chi connectivity index (χ3v) is 5.08. The number of nitrogens with one attached hydrogen (secondary N) is 1. The highest BCUT2D eigenvalue weighted by molar-refractivity contribution is 7.09. The molecule has 1 saturated heterocycles. The van der Waals surface area contributed by atoms with E-state index < -0.39 is 11.6 Å². The van der Waals surface area contributed by atoms with Crippen molar-refractivity contribution in [3.8, 4) is 0 Å². The highest BCUT2D eigenvalue weighted by Crippen LogP contribution is 2.31. The van der Waals surface area contributed by atoms with Gasteiger partial charge < -0.3 is 10.2 Å². The summed E-state index contributed by atoms with van der Waals surface area (Å²) < 4.78 is 0. The van der Waals surface area contributed by atoms with Crippen LogP contribution in [0.15, 0.2) is 11.6 Å². The molecule has 5 nitrogen and oxygen atoms in total.